The molecule has 0 saturated carbocycles. The number of hydrogen-bond donors (Lipinski definition) is 4. The molecule has 8 heteroatoms. The van der Waals surface area contributed by atoms with Crippen molar-refractivity contribution in [3.05, 3.63) is 71.8 Å². The van der Waals surface area contributed by atoms with Gasteiger partial charge in [-0.25, -0.2) is 0 Å². The maximum absolute atomic E-state index is 5.82. The van der Waals surface area contributed by atoms with Crippen molar-refractivity contribution in [1.29, 1.82) is 0 Å². The van der Waals surface area contributed by atoms with E-state index < -0.39 is 0 Å². The van der Waals surface area contributed by atoms with Gasteiger partial charge in [-0.2, -0.15) is 0 Å². The quantitative estimate of drug-likeness (QED) is 0.0567. The van der Waals surface area contributed by atoms with Gasteiger partial charge in [0.2, 0.25) is 0 Å². The van der Waals surface area contributed by atoms with E-state index in [0.29, 0.717) is 0 Å². The molecule has 6 nitrogen and oxygen atoms in total. The van der Waals surface area contributed by atoms with E-state index in [1.165, 1.54) is 49.7 Å². The minimum atomic E-state index is -0.0179. The van der Waals surface area contributed by atoms with Crippen LogP contribution in [-0.2, 0) is 22.6 Å². The van der Waals surface area contributed by atoms with E-state index in [0.717, 1.165) is 37.4 Å². The Hall–Kier alpha value is -1.10. The van der Waals surface area contributed by atoms with Crippen molar-refractivity contribution in [3.63, 3.8) is 0 Å². The monoisotopic (exact) mass is 590 g/mol. The highest BCUT2D eigenvalue weighted by Gasteiger charge is 2.17. The highest BCUT2D eigenvalue weighted by Crippen LogP contribution is 2.24. The summed E-state index contributed by atoms with van der Waals surface area (Å²) in [5.41, 5.74) is 2.60. The first kappa shape index (κ1) is 35.1. The third-order valence-corrected chi connectivity index (χ3v) is 9.21. The molecular formula is C32H54N4O2S2. The zero-order valence-electron chi connectivity index (χ0n) is 25.2. The topological polar surface area (TPSA) is 66.6 Å². The zero-order chi connectivity index (χ0) is 28.7. The first-order valence-electron chi connectivity index (χ1n) is 15.0. The molecule has 0 aliphatic rings. The molecule has 0 bridgehead atoms. The Labute approximate surface area is 252 Å². The molecule has 2 aromatic rings. The lowest BCUT2D eigenvalue weighted by Gasteiger charge is -2.27. The van der Waals surface area contributed by atoms with E-state index in [4.69, 9.17) is 9.47 Å². The van der Waals surface area contributed by atoms with E-state index in [9.17, 15) is 0 Å². The summed E-state index contributed by atoms with van der Waals surface area (Å²) in [6.07, 6.45) is 9.92. The number of ether oxygens (including phenoxy) is 2. The summed E-state index contributed by atoms with van der Waals surface area (Å²) in [7, 11) is 7.26. The molecule has 4 atom stereocenters. The third-order valence-electron chi connectivity index (χ3n) is 6.85. The fourth-order valence-electron chi connectivity index (χ4n) is 4.40. The molecule has 0 fully saturated rings. The van der Waals surface area contributed by atoms with E-state index in [1.54, 1.807) is 14.2 Å². The Balaban J connectivity index is 1.78. The van der Waals surface area contributed by atoms with Gasteiger partial charge < -0.3 is 9.47 Å². The van der Waals surface area contributed by atoms with Gasteiger partial charge in [0, 0.05) is 38.8 Å². The van der Waals surface area contributed by atoms with E-state index in [1.807, 2.05) is 21.6 Å². The number of benzene rings is 2. The van der Waals surface area contributed by atoms with Crippen LogP contribution in [0.2, 0.25) is 0 Å². The second kappa shape index (κ2) is 23.5. The molecule has 40 heavy (non-hydrogen) atoms. The van der Waals surface area contributed by atoms with Crippen LogP contribution in [-0.4, -0.2) is 50.5 Å². The van der Waals surface area contributed by atoms with E-state index in [2.05, 4.69) is 95.8 Å². The van der Waals surface area contributed by atoms with Crippen LogP contribution < -0.4 is 21.3 Å². The van der Waals surface area contributed by atoms with Crippen LogP contribution in [0.1, 0.15) is 76.3 Å². The fraction of sp³-hybridized carbons (Fsp3) is 0.625. The number of unbranched alkanes of at least 4 members (excludes halogenated alkanes) is 4. The van der Waals surface area contributed by atoms with Gasteiger partial charge in [-0.15, -0.1) is 0 Å². The summed E-state index contributed by atoms with van der Waals surface area (Å²) in [5, 5.41) is 14.8. The SMILES string of the molecule is CCCCCC(NCc1ccccc1)NC(CSSCC(NC(CCCCC)NCc1ccccc1)OC)OC. The average Bonchev–Trinajstić information content (AvgIpc) is 3.00. The first-order valence-corrected chi connectivity index (χ1v) is 17.5. The van der Waals surface area contributed by atoms with Crippen LogP contribution in [0.4, 0.5) is 0 Å². The van der Waals surface area contributed by atoms with Crippen molar-refractivity contribution in [2.24, 2.45) is 0 Å². The Morgan fingerprint density at radius 2 is 1.00 bits per heavy atom. The first-order chi connectivity index (χ1) is 19.7. The maximum Gasteiger partial charge on any atom is 0.118 e. The highest BCUT2D eigenvalue weighted by atomic mass is 33.1. The predicted molar refractivity (Wildman–Crippen MR) is 175 cm³/mol. The van der Waals surface area contributed by atoms with Crippen molar-refractivity contribution >= 4 is 21.6 Å². The normalized spacial score (nSPS) is 14.6. The molecule has 2 rings (SSSR count). The molecule has 0 spiro atoms. The van der Waals surface area contributed by atoms with Gasteiger partial charge in [0.25, 0.3) is 0 Å². The highest BCUT2D eigenvalue weighted by molar-refractivity contribution is 8.76. The Morgan fingerprint density at radius 1 is 0.600 bits per heavy atom. The molecule has 0 amide bonds. The van der Waals surface area contributed by atoms with Gasteiger partial charge in [0.15, 0.2) is 0 Å². The van der Waals surface area contributed by atoms with Crippen molar-refractivity contribution in [2.45, 2.75) is 103 Å². The summed E-state index contributed by atoms with van der Waals surface area (Å²) in [5.74, 6) is 1.72. The fourth-order valence-corrected chi connectivity index (χ4v) is 6.62. The Morgan fingerprint density at radius 3 is 1.35 bits per heavy atom. The molecule has 226 valence electrons. The molecule has 0 saturated heterocycles. The molecule has 4 unspecified atom stereocenters. The van der Waals surface area contributed by atoms with Crippen LogP contribution >= 0.6 is 21.6 Å². The van der Waals surface area contributed by atoms with Gasteiger partial charge >= 0.3 is 0 Å². The Bertz CT molecular complexity index is 765. The lowest BCUT2D eigenvalue weighted by Crippen LogP contribution is -2.49. The standard InChI is InChI=1S/C32H54N4O2S2/c1-5-7-11-21-29(33-23-27-17-13-9-14-18-27)35-31(37-3)25-39-40-26-32(38-4)36-30(22-12-8-6-2)34-24-28-19-15-10-16-20-28/h9-10,13-20,29-36H,5-8,11-12,21-26H2,1-4H3. The lowest BCUT2D eigenvalue weighted by atomic mass is 10.1. The largest absolute Gasteiger partial charge is 0.366 e. The van der Waals surface area contributed by atoms with Gasteiger partial charge in [0.1, 0.15) is 12.5 Å². The van der Waals surface area contributed by atoms with Crippen LogP contribution in [0.3, 0.4) is 0 Å². The number of hydrogen-bond acceptors (Lipinski definition) is 8. The molecular weight excluding hydrogens is 537 g/mol. The zero-order valence-corrected chi connectivity index (χ0v) is 26.8. The van der Waals surface area contributed by atoms with Gasteiger partial charge in [0.05, 0.1) is 12.3 Å². The third kappa shape index (κ3) is 16.4. The van der Waals surface area contributed by atoms with E-state index >= 15 is 0 Å². The number of nitrogens with one attached hydrogen (secondary N) is 4. The van der Waals surface area contributed by atoms with Crippen molar-refractivity contribution < 1.29 is 9.47 Å². The maximum atomic E-state index is 5.82. The molecule has 0 aliphatic carbocycles. The summed E-state index contributed by atoms with van der Waals surface area (Å²) >= 11 is 0. The van der Waals surface area contributed by atoms with Crippen molar-refractivity contribution in [2.75, 3.05) is 25.7 Å². The van der Waals surface area contributed by atoms with Gasteiger partial charge in [-0.3, -0.25) is 21.3 Å². The van der Waals surface area contributed by atoms with Crippen LogP contribution in [0.25, 0.3) is 0 Å². The summed E-state index contributed by atoms with van der Waals surface area (Å²) in [6, 6.07) is 21.2. The number of rotatable bonds is 25. The van der Waals surface area contributed by atoms with Crippen molar-refractivity contribution in [3.8, 4) is 0 Å². The van der Waals surface area contributed by atoms with Crippen LogP contribution in [0.15, 0.2) is 60.7 Å². The second-order valence-electron chi connectivity index (χ2n) is 10.2. The minimum Gasteiger partial charge on any atom is -0.366 e. The van der Waals surface area contributed by atoms with Crippen LogP contribution in [0.5, 0.6) is 0 Å². The molecule has 0 aromatic heterocycles. The van der Waals surface area contributed by atoms with Gasteiger partial charge in [-0.1, -0.05) is 135 Å². The summed E-state index contributed by atoms with van der Waals surface area (Å²) in [6.45, 7) is 6.20. The minimum absolute atomic E-state index is 0.0179. The predicted octanol–water partition coefficient (Wildman–Crippen LogP) is 6.88. The molecule has 2 aromatic carbocycles. The van der Waals surface area contributed by atoms with E-state index in [-0.39, 0.29) is 24.8 Å². The second-order valence-corrected chi connectivity index (χ2v) is 12.7. The molecule has 0 heterocycles. The summed E-state index contributed by atoms with van der Waals surface area (Å²) < 4.78 is 11.6. The lowest BCUT2D eigenvalue weighted by molar-refractivity contribution is 0.0743. The van der Waals surface area contributed by atoms with Crippen molar-refractivity contribution in [1.82, 2.24) is 21.3 Å². The molecule has 4 N–H and O–H groups in total. The smallest absolute Gasteiger partial charge is 0.118 e. The van der Waals surface area contributed by atoms with Crippen LogP contribution in [0, 0.1) is 0 Å². The Kier molecular flexibility index (Phi) is 20.6. The molecule has 0 aliphatic heterocycles. The summed E-state index contributed by atoms with van der Waals surface area (Å²) in [4.78, 5) is 0. The number of methoxy groups -OCH3 is 2. The average molecular weight is 591 g/mol. The molecule has 0 radical (unpaired) electrons. The van der Waals surface area contributed by atoms with Gasteiger partial charge in [-0.05, 0) is 24.0 Å².